The number of aliphatic imine (C=N–C) groups is 1. The Morgan fingerprint density at radius 3 is 2.48 bits per heavy atom. The van der Waals surface area contributed by atoms with E-state index < -0.39 is 0 Å². The zero-order valence-electron chi connectivity index (χ0n) is 14.3. The molecular weight excluding hydrogens is 312 g/mol. The van der Waals surface area contributed by atoms with Crippen LogP contribution in [0.3, 0.4) is 0 Å². The third-order valence-electron chi connectivity index (χ3n) is 5.08. The Morgan fingerprint density at radius 1 is 1.04 bits per heavy atom. The fourth-order valence-electron chi connectivity index (χ4n) is 3.46. The van der Waals surface area contributed by atoms with Crippen molar-refractivity contribution in [2.75, 3.05) is 37.6 Å². The van der Waals surface area contributed by atoms with E-state index in [-0.39, 0.29) is 0 Å². The van der Waals surface area contributed by atoms with Gasteiger partial charge in [-0.1, -0.05) is 30.3 Å². The predicted octanol–water partition coefficient (Wildman–Crippen LogP) is 1.72. The second-order valence-electron chi connectivity index (χ2n) is 6.73. The average molecular weight is 336 g/mol. The minimum absolute atomic E-state index is 0.639. The highest BCUT2D eigenvalue weighted by atomic mass is 15.3. The van der Waals surface area contributed by atoms with Crippen molar-refractivity contribution in [1.82, 2.24) is 14.9 Å². The Labute approximate surface area is 148 Å². The molecule has 25 heavy (non-hydrogen) atoms. The standard InChI is InChI=1S/C19H24N6/c20-18(23-14-16-13-17(16)15-5-2-1-3-6-15)24-9-11-25(12-10-24)19-21-7-4-8-22-19/h1-8,16-17H,9-14H2,(H2,20,23)/t16-,17-/m0/s1. The van der Waals surface area contributed by atoms with Gasteiger partial charge in [0, 0.05) is 45.1 Å². The summed E-state index contributed by atoms with van der Waals surface area (Å²) in [6.07, 6.45) is 4.78. The van der Waals surface area contributed by atoms with E-state index in [0.717, 1.165) is 38.7 Å². The summed E-state index contributed by atoms with van der Waals surface area (Å²) < 4.78 is 0. The van der Waals surface area contributed by atoms with Gasteiger partial charge in [0.25, 0.3) is 0 Å². The van der Waals surface area contributed by atoms with Gasteiger partial charge in [0.05, 0.1) is 0 Å². The Hall–Kier alpha value is -2.63. The van der Waals surface area contributed by atoms with E-state index in [0.29, 0.717) is 17.8 Å². The van der Waals surface area contributed by atoms with Gasteiger partial charge in [-0.3, -0.25) is 4.99 Å². The first-order valence-corrected chi connectivity index (χ1v) is 8.93. The van der Waals surface area contributed by atoms with Crippen molar-refractivity contribution in [2.45, 2.75) is 12.3 Å². The summed E-state index contributed by atoms with van der Waals surface area (Å²) >= 11 is 0. The second-order valence-corrected chi connectivity index (χ2v) is 6.73. The van der Waals surface area contributed by atoms with Crippen LogP contribution in [0.4, 0.5) is 5.95 Å². The van der Waals surface area contributed by atoms with Crippen molar-refractivity contribution in [2.24, 2.45) is 16.6 Å². The predicted molar refractivity (Wildman–Crippen MR) is 99.6 cm³/mol. The van der Waals surface area contributed by atoms with Crippen molar-refractivity contribution in [3.8, 4) is 0 Å². The molecule has 130 valence electrons. The lowest BCUT2D eigenvalue weighted by atomic mass is 10.1. The lowest BCUT2D eigenvalue weighted by Crippen LogP contribution is -2.51. The first kappa shape index (κ1) is 15.9. The number of guanidine groups is 1. The second kappa shape index (κ2) is 7.09. The summed E-state index contributed by atoms with van der Waals surface area (Å²) in [5, 5.41) is 0. The molecule has 1 saturated carbocycles. The quantitative estimate of drug-likeness (QED) is 0.680. The molecule has 1 saturated heterocycles. The van der Waals surface area contributed by atoms with E-state index in [9.17, 15) is 0 Å². The van der Waals surface area contributed by atoms with Gasteiger partial charge in [0.1, 0.15) is 0 Å². The molecule has 4 rings (SSSR count). The van der Waals surface area contributed by atoms with Gasteiger partial charge >= 0.3 is 0 Å². The molecule has 0 radical (unpaired) electrons. The van der Waals surface area contributed by atoms with E-state index in [1.807, 2.05) is 6.07 Å². The fraction of sp³-hybridized carbons (Fsp3) is 0.421. The summed E-state index contributed by atoms with van der Waals surface area (Å²) in [4.78, 5) is 17.6. The third kappa shape index (κ3) is 3.73. The normalized spacial score (nSPS) is 23.6. The summed E-state index contributed by atoms with van der Waals surface area (Å²) in [5.41, 5.74) is 7.65. The zero-order valence-corrected chi connectivity index (χ0v) is 14.3. The molecule has 1 aliphatic carbocycles. The van der Waals surface area contributed by atoms with Gasteiger partial charge in [0.15, 0.2) is 5.96 Å². The number of anilines is 1. The summed E-state index contributed by atoms with van der Waals surface area (Å²) in [7, 11) is 0. The molecule has 0 unspecified atom stereocenters. The van der Waals surface area contributed by atoms with E-state index in [1.165, 1.54) is 12.0 Å². The Kier molecular flexibility index (Phi) is 4.50. The number of hydrogen-bond acceptors (Lipinski definition) is 4. The Morgan fingerprint density at radius 2 is 1.76 bits per heavy atom. The van der Waals surface area contributed by atoms with Gasteiger partial charge in [-0.05, 0) is 29.9 Å². The molecular formula is C19H24N6. The molecule has 1 aliphatic heterocycles. The summed E-state index contributed by atoms with van der Waals surface area (Å²) in [5.74, 6) is 2.76. The van der Waals surface area contributed by atoms with Crippen molar-refractivity contribution in [3.05, 3.63) is 54.4 Å². The number of piperazine rings is 1. The lowest BCUT2D eigenvalue weighted by Gasteiger charge is -2.35. The minimum Gasteiger partial charge on any atom is -0.370 e. The highest BCUT2D eigenvalue weighted by Gasteiger charge is 2.37. The molecule has 2 N–H and O–H groups in total. The average Bonchev–Trinajstić information content (AvgIpc) is 3.47. The van der Waals surface area contributed by atoms with Crippen LogP contribution in [0.2, 0.25) is 0 Å². The molecule has 0 amide bonds. The SMILES string of the molecule is NC(=NC[C@@H]1C[C@H]1c1ccccc1)N1CCN(c2ncccn2)CC1. The highest BCUT2D eigenvalue weighted by Crippen LogP contribution is 2.47. The number of rotatable bonds is 4. The monoisotopic (exact) mass is 336 g/mol. The van der Waals surface area contributed by atoms with Gasteiger partial charge in [0.2, 0.25) is 5.95 Å². The highest BCUT2D eigenvalue weighted by molar-refractivity contribution is 5.78. The van der Waals surface area contributed by atoms with Crippen molar-refractivity contribution in [1.29, 1.82) is 0 Å². The Balaban J connectivity index is 1.27. The van der Waals surface area contributed by atoms with Crippen LogP contribution in [-0.2, 0) is 0 Å². The largest absolute Gasteiger partial charge is 0.370 e. The zero-order chi connectivity index (χ0) is 17.1. The number of nitrogens with zero attached hydrogens (tertiary/aromatic N) is 5. The van der Waals surface area contributed by atoms with Crippen molar-refractivity contribution < 1.29 is 0 Å². The van der Waals surface area contributed by atoms with Crippen molar-refractivity contribution >= 4 is 11.9 Å². The molecule has 2 atom stereocenters. The molecule has 6 nitrogen and oxygen atoms in total. The molecule has 6 heteroatoms. The first-order chi connectivity index (χ1) is 12.3. The number of hydrogen-bond donors (Lipinski definition) is 1. The van der Waals surface area contributed by atoms with Gasteiger partial charge in [-0.25, -0.2) is 9.97 Å². The van der Waals surface area contributed by atoms with Crippen molar-refractivity contribution in [3.63, 3.8) is 0 Å². The molecule has 2 heterocycles. The molecule has 1 aromatic carbocycles. The number of aromatic nitrogens is 2. The Bertz CT molecular complexity index is 709. The maximum Gasteiger partial charge on any atom is 0.225 e. The summed E-state index contributed by atoms with van der Waals surface area (Å²) in [6, 6.07) is 12.5. The maximum atomic E-state index is 6.22. The molecule has 2 aromatic rings. The molecule has 1 aromatic heterocycles. The number of benzene rings is 1. The topological polar surface area (TPSA) is 70.6 Å². The van der Waals surface area contributed by atoms with Gasteiger partial charge < -0.3 is 15.5 Å². The molecule has 2 aliphatic rings. The van der Waals surface area contributed by atoms with Crippen LogP contribution in [0.25, 0.3) is 0 Å². The van der Waals surface area contributed by atoms with Crippen LogP contribution in [0.5, 0.6) is 0 Å². The van der Waals surface area contributed by atoms with E-state index in [1.54, 1.807) is 12.4 Å². The van der Waals surface area contributed by atoms with E-state index >= 15 is 0 Å². The molecule has 0 bridgehead atoms. The van der Waals surface area contributed by atoms with Crippen LogP contribution in [-0.4, -0.2) is 53.6 Å². The van der Waals surface area contributed by atoms with Gasteiger partial charge in [-0.15, -0.1) is 0 Å². The smallest absolute Gasteiger partial charge is 0.225 e. The van der Waals surface area contributed by atoms with Crippen LogP contribution >= 0.6 is 0 Å². The van der Waals surface area contributed by atoms with E-state index in [2.05, 4.69) is 55.1 Å². The third-order valence-corrected chi connectivity index (χ3v) is 5.08. The minimum atomic E-state index is 0.639. The lowest BCUT2D eigenvalue weighted by molar-refractivity contribution is 0.378. The van der Waals surface area contributed by atoms with Crippen LogP contribution in [0.1, 0.15) is 17.9 Å². The van der Waals surface area contributed by atoms with Crippen LogP contribution < -0.4 is 10.6 Å². The molecule has 0 spiro atoms. The van der Waals surface area contributed by atoms with Gasteiger partial charge in [-0.2, -0.15) is 0 Å². The van der Waals surface area contributed by atoms with E-state index in [4.69, 9.17) is 5.73 Å². The van der Waals surface area contributed by atoms with Crippen LogP contribution in [0, 0.1) is 5.92 Å². The molecule has 2 fully saturated rings. The first-order valence-electron chi connectivity index (χ1n) is 8.93. The maximum absolute atomic E-state index is 6.22. The van der Waals surface area contributed by atoms with Crippen LogP contribution in [0.15, 0.2) is 53.8 Å². The fourth-order valence-corrected chi connectivity index (χ4v) is 3.46. The summed E-state index contributed by atoms with van der Waals surface area (Å²) in [6.45, 7) is 4.29. The number of nitrogens with two attached hydrogens (primary N) is 1.